The van der Waals surface area contributed by atoms with Crippen LogP contribution in [0.5, 0.6) is 0 Å². The number of anilines is 3. The lowest BCUT2D eigenvalue weighted by Crippen LogP contribution is -2.34. The number of nitrogens with one attached hydrogen (secondary N) is 3. The van der Waals surface area contributed by atoms with Crippen molar-refractivity contribution in [3.63, 3.8) is 0 Å². The van der Waals surface area contributed by atoms with Crippen molar-refractivity contribution in [1.29, 1.82) is 0 Å². The zero-order valence-electron chi connectivity index (χ0n) is 16.2. The Hall–Kier alpha value is -4.11. The average molecular weight is 454 g/mol. The molecular weight excluding hydrogens is 440 g/mol. The number of para-hydroxylation sites is 1. The van der Waals surface area contributed by atoms with Gasteiger partial charge in [0.2, 0.25) is 0 Å². The van der Waals surface area contributed by atoms with Gasteiger partial charge < -0.3 is 10.6 Å². The number of hydrogen-bond donors (Lipinski definition) is 3. The molecule has 3 aromatic carbocycles. The molecule has 0 aliphatic rings. The number of amides is 3. The van der Waals surface area contributed by atoms with E-state index in [1.807, 2.05) is 17.4 Å². The highest BCUT2D eigenvalue weighted by Crippen LogP contribution is 2.28. The number of carbonyl (C=O) groups is 2. The molecule has 0 unspecified atom stereocenters. The van der Waals surface area contributed by atoms with Gasteiger partial charge in [0.05, 0.1) is 21.8 Å². The molecular formula is C22H14ClF2N5O2. The first kappa shape index (κ1) is 21.1. The smallest absolute Gasteiger partial charge is 0.326 e. The van der Waals surface area contributed by atoms with Crippen LogP contribution >= 0.6 is 11.6 Å². The molecule has 10 heteroatoms. The van der Waals surface area contributed by atoms with Crippen LogP contribution in [0.25, 0.3) is 10.9 Å². The van der Waals surface area contributed by atoms with Crippen LogP contribution in [0.15, 0.2) is 67.0 Å². The maximum atomic E-state index is 13.7. The molecule has 7 nitrogen and oxygen atoms in total. The highest BCUT2D eigenvalue weighted by Gasteiger charge is 2.16. The molecule has 1 aromatic heterocycles. The zero-order valence-corrected chi connectivity index (χ0v) is 17.0. The van der Waals surface area contributed by atoms with Crippen LogP contribution in [0.2, 0.25) is 5.02 Å². The minimum Gasteiger partial charge on any atom is -0.338 e. The van der Waals surface area contributed by atoms with E-state index in [1.165, 1.54) is 6.33 Å². The summed E-state index contributed by atoms with van der Waals surface area (Å²) in [6.45, 7) is 0. The fraction of sp³-hybridized carbons (Fsp3) is 0. The molecule has 4 rings (SSSR count). The van der Waals surface area contributed by atoms with E-state index in [0.717, 1.165) is 12.1 Å². The number of halogens is 3. The third-order valence-electron chi connectivity index (χ3n) is 4.42. The van der Waals surface area contributed by atoms with E-state index in [4.69, 9.17) is 11.6 Å². The fourth-order valence-electron chi connectivity index (χ4n) is 2.93. The van der Waals surface area contributed by atoms with Gasteiger partial charge in [-0.05, 0) is 42.5 Å². The van der Waals surface area contributed by atoms with Crippen molar-refractivity contribution in [2.45, 2.75) is 0 Å². The van der Waals surface area contributed by atoms with Crippen molar-refractivity contribution in [3.05, 3.63) is 89.2 Å². The van der Waals surface area contributed by atoms with Gasteiger partial charge >= 0.3 is 6.03 Å². The Bertz CT molecular complexity index is 1350. The molecule has 0 spiro atoms. The molecule has 1 heterocycles. The van der Waals surface area contributed by atoms with Crippen molar-refractivity contribution in [2.75, 3.05) is 10.6 Å². The third kappa shape index (κ3) is 4.62. The number of carbonyl (C=O) groups excluding carboxylic acids is 2. The van der Waals surface area contributed by atoms with E-state index in [0.29, 0.717) is 39.2 Å². The van der Waals surface area contributed by atoms with Gasteiger partial charge in [0.25, 0.3) is 5.91 Å². The van der Waals surface area contributed by atoms with Crippen molar-refractivity contribution in [1.82, 2.24) is 15.3 Å². The summed E-state index contributed by atoms with van der Waals surface area (Å²) in [5, 5.41) is 8.80. The molecule has 3 N–H and O–H groups in total. The number of fused-ring (bicyclic) bond motifs is 1. The molecule has 4 aromatic rings. The van der Waals surface area contributed by atoms with Gasteiger partial charge in [-0.15, -0.1) is 0 Å². The molecule has 0 atom stereocenters. The minimum absolute atomic E-state index is 0.338. The molecule has 0 radical (unpaired) electrons. The summed E-state index contributed by atoms with van der Waals surface area (Å²) in [5.41, 5.74) is 1.07. The van der Waals surface area contributed by atoms with E-state index >= 15 is 0 Å². The first-order valence-electron chi connectivity index (χ1n) is 9.24. The summed E-state index contributed by atoms with van der Waals surface area (Å²) in [6, 6.07) is 13.6. The van der Waals surface area contributed by atoms with E-state index in [2.05, 4.69) is 20.6 Å². The Morgan fingerprint density at radius 3 is 2.53 bits per heavy atom. The number of nitrogens with zero attached hydrogens (tertiary/aromatic N) is 2. The highest BCUT2D eigenvalue weighted by molar-refractivity contribution is 6.33. The zero-order chi connectivity index (χ0) is 22.7. The van der Waals surface area contributed by atoms with E-state index in [-0.39, 0.29) is 0 Å². The minimum atomic E-state index is -1.07. The second kappa shape index (κ2) is 8.94. The number of hydrogen-bond acceptors (Lipinski definition) is 5. The van der Waals surface area contributed by atoms with Gasteiger partial charge in [0.1, 0.15) is 23.8 Å². The Morgan fingerprint density at radius 1 is 0.938 bits per heavy atom. The summed E-state index contributed by atoms with van der Waals surface area (Å²) >= 11 is 6.18. The fourth-order valence-corrected chi connectivity index (χ4v) is 3.11. The van der Waals surface area contributed by atoms with Crippen molar-refractivity contribution < 1.29 is 18.4 Å². The molecule has 0 aliphatic heterocycles. The summed E-state index contributed by atoms with van der Waals surface area (Å²) in [7, 11) is 0. The van der Waals surface area contributed by atoms with E-state index in [1.54, 1.807) is 30.3 Å². The normalized spacial score (nSPS) is 10.6. The predicted molar refractivity (Wildman–Crippen MR) is 117 cm³/mol. The van der Waals surface area contributed by atoms with Crippen LogP contribution in [0.3, 0.4) is 0 Å². The van der Waals surface area contributed by atoms with Gasteiger partial charge in [0, 0.05) is 17.1 Å². The summed E-state index contributed by atoms with van der Waals surface area (Å²) in [6.07, 6.45) is 1.35. The molecule has 0 bridgehead atoms. The highest BCUT2D eigenvalue weighted by atomic mass is 35.5. The Kier molecular flexibility index (Phi) is 5.91. The Morgan fingerprint density at radius 2 is 1.75 bits per heavy atom. The number of aromatic nitrogens is 2. The van der Waals surface area contributed by atoms with Crippen LogP contribution in [-0.4, -0.2) is 21.9 Å². The van der Waals surface area contributed by atoms with Crippen LogP contribution in [0.4, 0.5) is 30.8 Å². The van der Waals surface area contributed by atoms with Gasteiger partial charge in [-0.1, -0.05) is 23.7 Å². The monoisotopic (exact) mass is 453 g/mol. The number of imide groups is 1. The maximum absolute atomic E-state index is 13.7. The van der Waals surface area contributed by atoms with Crippen LogP contribution < -0.4 is 16.0 Å². The van der Waals surface area contributed by atoms with Crippen LogP contribution in [-0.2, 0) is 0 Å². The van der Waals surface area contributed by atoms with E-state index in [9.17, 15) is 18.4 Å². The first-order valence-corrected chi connectivity index (χ1v) is 9.62. The molecule has 3 amide bonds. The number of benzene rings is 3. The lowest BCUT2D eigenvalue weighted by atomic mass is 10.2. The molecule has 0 fully saturated rings. The van der Waals surface area contributed by atoms with Gasteiger partial charge in [-0.3, -0.25) is 10.1 Å². The maximum Gasteiger partial charge on any atom is 0.326 e. The lowest BCUT2D eigenvalue weighted by Gasteiger charge is -2.11. The van der Waals surface area contributed by atoms with Gasteiger partial charge in [0.15, 0.2) is 0 Å². The Balaban J connectivity index is 1.50. The number of urea groups is 1. The molecule has 32 heavy (non-hydrogen) atoms. The van der Waals surface area contributed by atoms with Crippen LogP contribution in [0.1, 0.15) is 10.4 Å². The summed E-state index contributed by atoms with van der Waals surface area (Å²) < 4.78 is 26.7. The summed E-state index contributed by atoms with van der Waals surface area (Å²) in [5.74, 6) is -2.39. The second-order valence-corrected chi connectivity index (χ2v) is 7.00. The van der Waals surface area contributed by atoms with E-state index < -0.39 is 29.1 Å². The Labute approximate surface area is 185 Å². The first-order chi connectivity index (χ1) is 15.4. The summed E-state index contributed by atoms with van der Waals surface area (Å²) in [4.78, 5) is 32.6. The lowest BCUT2D eigenvalue weighted by molar-refractivity contribution is 0.0963. The quantitative estimate of drug-likeness (QED) is 0.391. The SMILES string of the molecule is O=C(NC(=O)c1ccc(F)cc1F)Nc1ccc2c(Nc3ccccc3Cl)ncnc2c1. The third-order valence-corrected chi connectivity index (χ3v) is 4.75. The van der Waals surface area contributed by atoms with Gasteiger partial charge in [-0.2, -0.15) is 0 Å². The standard InChI is InChI=1S/C22H14ClF2N5O2/c23-16-3-1-2-4-18(16)29-20-15-8-6-13(10-19(15)26-11-27-20)28-22(32)30-21(31)14-7-5-12(24)9-17(14)25/h1-11H,(H,26,27,29)(H2,28,30,31,32). The molecule has 0 aliphatic carbocycles. The number of rotatable bonds is 4. The van der Waals surface area contributed by atoms with Crippen molar-refractivity contribution >= 4 is 51.6 Å². The van der Waals surface area contributed by atoms with Gasteiger partial charge in [-0.25, -0.2) is 23.5 Å². The average Bonchev–Trinajstić information content (AvgIpc) is 2.75. The topological polar surface area (TPSA) is 96.0 Å². The predicted octanol–water partition coefficient (Wildman–Crippen LogP) is 5.27. The second-order valence-electron chi connectivity index (χ2n) is 6.59. The van der Waals surface area contributed by atoms with Crippen molar-refractivity contribution in [3.8, 4) is 0 Å². The van der Waals surface area contributed by atoms with Crippen molar-refractivity contribution in [2.24, 2.45) is 0 Å². The molecule has 0 saturated carbocycles. The van der Waals surface area contributed by atoms with Crippen LogP contribution in [0, 0.1) is 11.6 Å². The largest absolute Gasteiger partial charge is 0.338 e. The molecule has 160 valence electrons. The molecule has 0 saturated heterocycles.